The van der Waals surface area contributed by atoms with E-state index >= 15 is 0 Å². The average molecular weight is 706 g/mol. The molecule has 1 atom stereocenters. The number of benzene rings is 4. The van der Waals surface area contributed by atoms with Crippen LogP contribution in [0.15, 0.2) is 109 Å². The molecule has 7 nitrogen and oxygen atoms in total. The Labute approximate surface area is 289 Å². The fourth-order valence-electron chi connectivity index (χ4n) is 6.67. The third kappa shape index (κ3) is 6.35. The van der Waals surface area contributed by atoms with Crippen LogP contribution in [0.5, 0.6) is 0 Å². The van der Waals surface area contributed by atoms with Gasteiger partial charge in [0.1, 0.15) is 5.82 Å². The van der Waals surface area contributed by atoms with Crippen molar-refractivity contribution < 1.29 is 13.5 Å². The summed E-state index contributed by atoms with van der Waals surface area (Å²) in [4.78, 5) is 5.28. The lowest BCUT2D eigenvalue weighted by molar-refractivity contribution is 0.320. The van der Waals surface area contributed by atoms with Gasteiger partial charge in [0.2, 0.25) is 5.88 Å². The molecule has 0 amide bonds. The highest BCUT2D eigenvalue weighted by molar-refractivity contribution is 7.91. The molecule has 1 unspecified atom stereocenters. The Morgan fingerprint density at radius 1 is 0.830 bits per heavy atom. The van der Waals surface area contributed by atoms with Crippen LogP contribution in [0, 0.1) is 5.92 Å². The van der Waals surface area contributed by atoms with Crippen LogP contribution >= 0.6 is 34.8 Å². The van der Waals surface area contributed by atoms with Gasteiger partial charge < -0.3 is 9.67 Å². The zero-order valence-corrected chi connectivity index (χ0v) is 28.2. The van der Waals surface area contributed by atoms with E-state index in [-0.39, 0.29) is 16.6 Å². The number of hydrogen-bond acceptors (Lipinski definition) is 4. The summed E-state index contributed by atoms with van der Waals surface area (Å²) in [5.41, 5.74) is 5.80. The number of aliphatic hydroxyl groups excluding tert-OH is 1. The highest BCUT2D eigenvalue weighted by atomic mass is 35.5. The van der Waals surface area contributed by atoms with E-state index in [9.17, 15) is 13.5 Å². The molecule has 0 radical (unpaired) electrons. The molecule has 240 valence electrons. The van der Waals surface area contributed by atoms with Crippen molar-refractivity contribution in [1.82, 2.24) is 14.3 Å². The topological polar surface area (TPSA) is 87.5 Å². The second-order valence-corrected chi connectivity index (χ2v) is 14.7. The van der Waals surface area contributed by atoms with Gasteiger partial charge in [-0.25, -0.2) is 14.0 Å². The molecular formula is C36H31Cl3N4O3S. The fourth-order valence-corrected chi connectivity index (χ4v) is 8.57. The van der Waals surface area contributed by atoms with Gasteiger partial charge in [-0.05, 0) is 71.8 Å². The molecule has 47 heavy (non-hydrogen) atoms. The highest BCUT2D eigenvalue weighted by Crippen LogP contribution is 2.43. The van der Waals surface area contributed by atoms with E-state index in [0.717, 1.165) is 64.3 Å². The van der Waals surface area contributed by atoms with Gasteiger partial charge in [-0.1, -0.05) is 109 Å². The molecule has 4 aromatic carbocycles. The van der Waals surface area contributed by atoms with Crippen LogP contribution in [0.3, 0.4) is 0 Å². The van der Waals surface area contributed by atoms with E-state index in [2.05, 4.69) is 41.1 Å². The van der Waals surface area contributed by atoms with Crippen LogP contribution in [0.25, 0.3) is 28.1 Å². The van der Waals surface area contributed by atoms with E-state index < -0.39 is 16.1 Å². The van der Waals surface area contributed by atoms with Gasteiger partial charge in [0.25, 0.3) is 0 Å². The van der Waals surface area contributed by atoms with Gasteiger partial charge in [0.05, 0.1) is 27.6 Å². The van der Waals surface area contributed by atoms with Gasteiger partial charge in [0.15, 0.2) is 0 Å². The Morgan fingerprint density at radius 2 is 1.55 bits per heavy atom. The zero-order valence-electron chi connectivity index (χ0n) is 25.2. The minimum absolute atomic E-state index is 0.0403. The van der Waals surface area contributed by atoms with Gasteiger partial charge >= 0.3 is 10.2 Å². The molecule has 1 aliphatic heterocycles. The highest BCUT2D eigenvalue weighted by Gasteiger charge is 2.33. The van der Waals surface area contributed by atoms with Crippen molar-refractivity contribution >= 4 is 50.7 Å². The largest absolute Gasteiger partial charge is 0.493 e. The second-order valence-electron chi connectivity index (χ2n) is 11.9. The van der Waals surface area contributed by atoms with Gasteiger partial charge in [-0.2, -0.15) is 8.42 Å². The van der Waals surface area contributed by atoms with Gasteiger partial charge in [0, 0.05) is 28.4 Å². The number of imidazole rings is 1. The number of aliphatic hydroxyl groups is 1. The van der Waals surface area contributed by atoms with Gasteiger partial charge in [-0.3, -0.25) is 0 Å². The third-order valence-corrected chi connectivity index (χ3v) is 11.0. The standard InChI is InChI=1S/C36H31Cl3N4O3S/c37-27-15-17-29(30(38)19-27)32-21-42(28-16-18-33(31(39)20-28)43-22-34(44)41-47(43,45)46)36(40-32)35(25-9-5-2-6-10-25)26-13-11-24(12-14-26)23-7-3-1-4-8-23/h1,3-4,7-8,11-22,25,35,41,44H,2,5-6,9-10H2. The van der Waals surface area contributed by atoms with E-state index in [1.807, 2.05) is 35.0 Å². The molecule has 1 fully saturated rings. The summed E-state index contributed by atoms with van der Waals surface area (Å²) in [7, 11) is -4.01. The van der Waals surface area contributed by atoms with Crippen LogP contribution in [0.2, 0.25) is 15.1 Å². The second kappa shape index (κ2) is 12.9. The number of nitrogens with one attached hydrogen (secondary N) is 1. The number of rotatable bonds is 7. The predicted molar refractivity (Wildman–Crippen MR) is 190 cm³/mol. The molecule has 2 N–H and O–H groups in total. The summed E-state index contributed by atoms with van der Waals surface area (Å²) in [6, 6.07) is 29.6. The maximum absolute atomic E-state index is 12.6. The molecule has 1 aromatic heterocycles. The normalized spacial score (nSPS) is 16.9. The summed E-state index contributed by atoms with van der Waals surface area (Å²) in [6.45, 7) is 0. The number of aromatic nitrogens is 2. The Hall–Kier alpha value is -3.95. The zero-order chi connectivity index (χ0) is 32.7. The number of hydrogen-bond donors (Lipinski definition) is 2. The minimum Gasteiger partial charge on any atom is -0.493 e. The van der Waals surface area contributed by atoms with Crippen molar-refractivity contribution in [2.75, 3.05) is 4.31 Å². The summed E-state index contributed by atoms with van der Waals surface area (Å²) in [6.07, 6.45) is 8.69. The molecule has 7 rings (SSSR count). The van der Waals surface area contributed by atoms with E-state index in [0.29, 0.717) is 27.3 Å². The molecular weight excluding hydrogens is 675 g/mol. The summed E-state index contributed by atoms with van der Waals surface area (Å²) < 4.78 is 30.2. The Kier molecular flexibility index (Phi) is 8.70. The molecule has 2 heterocycles. The van der Waals surface area contributed by atoms with Gasteiger partial charge in [-0.15, -0.1) is 0 Å². The molecule has 2 aliphatic rings. The molecule has 11 heteroatoms. The first-order valence-corrected chi connectivity index (χ1v) is 18.0. The summed E-state index contributed by atoms with van der Waals surface area (Å²) >= 11 is 19.7. The first-order valence-electron chi connectivity index (χ1n) is 15.4. The smallest absolute Gasteiger partial charge is 0.330 e. The number of anilines is 1. The monoisotopic (exact) mass is 704 g/mol. The van der Waals surface area contributed by atoms with Crippen molar-refractivity contribution in [2.45, 2.75) is 38.0 Å². The first kappa shape index (κ1) is 31.6. The minimum atomic E-state index is -4.01. The van der Waals surface area contributed by atoms with Crippen molar-refractivity contribution in [1.29, 1.82) is 0 Å². The van der Waals surface area contributed by atoms with Crippen LogP contribution in [0.1, 0.15) is 49.4 Å². The lowest BCUT2D eigenvalue weighted by atomic mass is 9.76. The number of nitrogens with zero attached hydrogens (tertiary/aromatic N) is 3. The maximum atomic E-state index is 12.6. The molecule has 0 saturated heterocycles. The number of halogens is 3. The third-order valence-electron chi connectivity index (χ3n) is 8.90. The Balaban J connectivity index is 1.38. The SMILES string of the molecule is O=S1(=O)NC(O)=CN1c1ccc(-n2cc(-c3ccc(Cl)cc3Cl)nc2C(c2ccc(-c3ccccc3)cc2)C2CCCCC2)cc1Cl. The molecule has 1 saturated carbocycles. The van der Waals surface area contributed by atoms with E-state index in [1.54, 1.807) is 30.3 Å². The lowest BCUT2D eigenvalue weighted by Crippen LogP contribution is -2.29. The molecule has 1 aliphatic carbocycles. The van der Waals surface area contributed by atoms with Crippen molar-refractivity contribution in [2.24, 2.45) is 5.92 Å². The predicted octanol–water partition coefficient (Wildman–Crippen LogP) is 9.89. The van der Waals surface area contributed by atoms with Crippen LogP contribution in [0.4, 0.5) is 5.69 Å². The summed E-state index contributed by atoms with van der Waals surface area (Å²) in [5, 5.41) is 11.0. The first-order chi connectivity index (χ1) is 22.7. The Bertz CT molecular complexity index is 2080. The van der Waals surface area contributed by atoms with Crippen molar-refractivity contribution in [3.8, 4) is 28.1 Å². The summed E-state index contributed by atoms with van der Waals surface area (Å²) in [5.74, 6) is 0.661. The van der Waals surface area contributed by atoms with Crippen LogP contribution in [-0.4, -0.2) is 23.1 Å². The molecule has 5 aromatic rings. The van der Waals surface area contributed by atoms with Crippen LogP contribution in [-0.2, 0) is 10.2 Å². The van der Waals surface area contributed by atoms with E-state index in [4.69, 9.17) is 39.8 Å². The average Bonchev–Trinajstić information content (AvgIpc) is 3.61. The van der Waals surface area contributed by atoms with Crippen molar-refractivity contribution in [3.63, 3.8) is 0 Å². The van der Waals surface area contributed by atoms with Crippen molar-refractivity contribution in [3.05, 3.63) is 136 Å². The van der Waals surface area contributed by atoms with E-state index in [1.165, 1.54) is 6.42 Å². The maximum Gasteiger partial charge on any atom is 0.330 e. The van der Waals surface area contributed by atoms with Crippen LogP contribution < -0.4 is 9.03 Å². The lowest BCUT2D eigenvalue weighted by Gasteiger charge is -2.31. The fraction of sp³-hybridized carbons (Fsp3) is 0.194. The molecule has 0 bridgehead atoms. The molecule has 0 spiro atoms. The Morgan fingerprint density at radius 3 is 2.21 bits per heavy atom. The quantitative estimate of drug-likeness (QED) is 0.177.